The number of carbonyl (C=O) groups is 2. The van der Waals surface area contributed by atoms with Gasteiger partial charge >= 0.3 is 0 Å². The van der Waals surface area contributed by atoms with Gasteiger partial charge in [0.1, 0.15) is 0 Å². The Morgan fingerprint density at radius 3 is 2.10 bits per heavy atom. The number of nitrogens with two attached hydrogens (primary N) is 1. The predicted molar refractivity (Wildman–Crippen MR) is 163 cm³/mol. The Labute approximate surface area is 237 Å². The van der Waals surface area contributed by atoms with Gasteiger partial charge in [-0.1, -0.05) is 84.9 Å². The summed E-state index contributed by atoms with van der Waals surface area (Å²) in [7, 11) is 0. The van der Waals surface area contributed by atoms with Crippen molar-refractivity contribution in [2.45, 2.75) is 32.6 Å². The molecule has 5 rings (SSSR count). The number of primary amides is 1. The predicted octanol–water partition coefficient (Wildman–Crippen LogP) is 6.56. The first-order valence-electron chi connectivity index (χ1n) is 14.1. The van der Waals surface area contributed by atoms with Gasteiger partial charge in [0.05, 0.1) is 11.5 Å². The number of benzene rings is 4. The fourth-order valence-corrected chi connectivity index (χ4v) is 6.08. The van der Waals surface area contributed by atoms with Crippen LogP contribution in [0, 0.1) is 12.8 Å². The van der Waals surface area contributed by atoms with Crippen molar-refractivity contribution in [1.29, 1.82) is 0 Å². The second-order valence-electron chi connectivity index (χ2n) is 10.6. The van der Waals surface area contributed by atoms with Crippen LogP contribution >= 0.6 is 0 Å². The summed E-state index contributed by atoms with van der Waals surface area (Å²) < 4.78 is 0. The van der Waals surface area contributed by atoms with Crippen molar-refractivity contribution >= 4 is 17.5 Å². The van der Waals surface area contributed by atoms with Crippen LogP contribution in [0.5, 0.6) is 0 Å². The fourth-order valence-electron chi connectivity index (χ4n) is 6.08. The molecule has 1 unspecified atom stereocenters. The van der Waals surface area contributed by atoms with E-state index in [2.05, 4.69) is 46.6 Å². The molecule has 204 valence electrons. The number of anilines is 1. The van der Waals surface area contributed by atoms with Crippen molar-refractivity contribution in [3.05, 3.63) is 114 Å². The molecule has 4 aromatic rings. The van der Waals surface area contributed by atoms with E-state index in [0.717, 1.165) is 65.0 Å². The second-order valence-corrected chi connectivity index (χ2v) is 10.6. The van der Waals surface area contributed by atoms with Crippen LogP contribution in [0.4, 0.5) is 5.69 Å². The number of hydrogen-bond acceptors (Lipinski definition) is 3. The lowest BCUT2D eigenvalue weighted by Crippen LogP contribution is -2.40. The largest absolute Gasteiger partial charge is 0.372 e. The molecule has 0 aliphatic carbocycles. The summed E-state index contributed by atoms with van der Waals surface area (Å²) in [5, 5.41) is 3.05. The third kappa shape index (κ3) is 5.64. The van der Waals surface area contributed by atoms with Crippen LogP contribution < -0.4 is 16.0 Å². The van der Waals surface area contributed by atoms with Gasteiger partial charge in [-0.25, -0.2) is 0 Å². The summed E-state index contributed by atoms with van der Waals surface area (Å²) in [4.78, 5) is 28.1. The molecular weight excluding hydrogens is 494 g/mol. The van der Waals surface area contributed by atoms with E-state index in [4.69, 9.17) is 5.73 Å². The van der Waals surface area contributed by atoms with Gasteiger partial charge in [0.15, 0.2) is 0 Å². The number of carbonyl (C=O) groups excluding carboxylic acids is 2. The molecular formula is C35H37N3O2. The maximum atomic E-state index is 13.0. The smallest absolute Gasteiger partial charge is 0.249 e. The molecule has 1 saturated heterocycles. The van der Waals surface area contributed by atoms with Gasteiger partial charge in [0, 0.05) is 25.3 Å². The van der Waals surface area contributed by atoms with E-state index < -0.39 is 5.91 Å². The number of nitrogens with one attached hydrogen (secondary N) is 1. The van der Waals surface area contributed by atoms with E-state index in [1.165, 1.54) is 0 Å². The third-order valence-corrected chi connectivity index (χ3v) is 8.09. The van der Waals surface area contributed by atoms with Gasteiger partial charge in [0.2, 0.25) is 11.8 Å². The molecule has 0 bridgehead atoms. The van der Waals surface area contributed by atoms with Crippen molar-refractivity contribution in [3.8, 4) is 22.3 Å². The molecule has 0 aromatic heterocycles. The van der Waals surface area contributed by atoms with E-state index in [-0.39, 0.29) is 11.8 Å². The fraction of sp³-hybridized carbons (Fsp3) is 0.257. The zero-order chi connectivity index (χ0) is 28.1. The molecule has 1 aliphatic heterocycles. The lowest BCUT2D eigenvalue weighted by molar-refractivity contribution is -0.123. The summed E-state index contributed by atoms with van der Waals surface area (Å²) in [6.45, 7) is 6.43. The number of nitrogens with zero attached hydrogens (tertiary/aromatic N) is 1. The van der Waals surface area contributed by atoms with E-state index >= 15 is 0 Å². The molecule has 1 fully saturated rings. The Balaban J connectivity index is 1.35. The molecule has 0 spiro atoms. The molecule has 0 radical (unpaired) electrons. The molecule has 1 atom stereocenters. The molecule has 3 N–H and O–H groups in total. The minimum Gasteiger partial charge on any atom is -0.372 e. The van der Waals surface area contributed by atoms with E-state index in [0.29, 0.717) is 18.0 Å². The SMILES string of the molecule is CCNC(=O)C(c1ccccc1)C1CCN(c2ccc(-c3cccc(-c4ccccc4C)c3C(N)=O)cc2)CC1. The van der Waals surface area contributed by atoms with E-state index in [1.807, 2.05) is 74.5 Å². The molecule has 40 heavy (non-hydrogen) atoms. The van der Waals surface area contributed by atoms with Gasteiger partial charge in [-0.2, -0.15) is 0 Å². The van der Waals surface area contributed by atoms with Gasteiger partial charge in [-0.3, -0.25) is 9.59 Å². The molecule has 4 aromatic carbocycles. The zero-order valence-corrected chi connectivity index (χ0v) is 23.3. The van der Waals surface area contributed by atoms with E-state index in [1.54, 1.807) is 0 Å². The zero-order valence-electron chi connectivity index (χ0n) is 23.3. The molecule has 5 nitrogen and oxygen atoms in total. The molecule has 1 heterocycles. The van der Waals surface area contributed by atoms with Crippen molar-refractivity contribution in [3.63, 3.8) is 0 Å². The lowest BCUT2D eigenvalue weighted by Gasteiger charge is -2.37. The first-order chi connectivity index (χ1) is 19.5. The van der Waals surface area contributed by atoms with Crippen molar-refractivity contribution < 1.29 is 9.59 Å². The van der Waals surface area contributed by atoms with Crippen LogP contribution in [-0.2, 0) is 4.79 Å². The first-order valence-corrected chi connectivity index (χ1v) is 14.1. The summed E-state index contributed by atoms with van der Waals surface area (Å²) in [6, 6.07) is 32.5. The Hall–Kier alpha value is -4.38. The molecule has 0 saturated carbocycles. The number of amides is 2. The Morgan fingerprint density at radius 1 is 0.825 bits per heavy atom. The number of hydrogen-bond donors (Lipinski definition) is 2. The highest BCUT2D eigenvalue weighted by Crippen LogP contribution is 2.37. The van der Waals surface area contributed by atoms with E-state index in [9.17, 15) is 9.59 Å². The maximum absolute atomic E-state index is 13.0. The molecule has 1 aliphatic rings. The number of piperidine rings is 1. The Bertz CT molecular complexity index is 1470. The highest BCUT2D eigenvalue weighted by Gasteiger charge is 2.32. The molecule has 5 heteroatoms. The van der Waals surface area contributed by atoms with Crippen molar-refractivity contribution in [2.24, 2.45) is 11.7 Å². The first kappa shape index (κ1) is 27.2. The monoisotopic (exact) mass is 531 g/mol. The standard InChI is InChI=1S/C35H37N3O2/c1-3-37-35(40)32(26-11-5-4-6-12-26)27-20-22-38(23-21-27)28-18-16-25(17-19-28)30-14-9-15-31(33(30)34(36)39)29-13-8-7-10-24(29)2/h4-19,27,32H,3,20-23H2,1-2H3,(H2,36,39)(H,37,40). The minimum absolute atomic E-state index is 0.120. The van der Waals surface area contributed by atoms with Crippen LogP contribution in [0.1, 0.15) is 47.2 Å². The van der Waals surface area contributed by atoms with Gasteiger partial charge in [0.25, 0.3) is 0 Å². The average Bonchev–Trinajstić information content (AvgIpc) is 2.98. The Morgan fingerprint density at radius 2 is 1.45 bits per heavy atom. The summed E-state index contributed by atoms with van der Waals surface area (Å²) in [6.07, 6.45) is 1.89. The topological polar surface area (TPSA) is 75.4 Å². The van der Waals surface area contributed by atoms with Crippen LogP contribution in [0.3, 0.4) is 0 Å². The summed E-state index contributed by atoms with van der Waals surface area (Å²) in [5.74, 6) is -0.139. The average molecular weight is 532 g/mol. The highest BCUT2D eigenvalue weighted by molar-refractivity contribution is 6.06. The van der Waals surface area contributed by atoms with Crippen molar-refractivity contribution in [1.82, 2.24) is 5.32 Å². The van der Waals surface area contributed by atoms with Gasteiger partial charge in [-0.15, -0.1) is 0 Å². The quantitative estimate of drug-likeness (QED) is 0.270. The third-order valence-electron chi connectivity index (χ3n) is 8.09. The lowest BCUT2D eigenvalue weighted by atomic mass is 9.79. The van der Waals surface area contributed by atoms with Gasteiger partial charge < -0.3 is 16.0 Å². The van der Waals surface area contributed by atoms with Crippen LogP contribution in [0.2, 0.25) is 0 Å². The van der Waals surface area contributed by atoms with Crippen LogP contribution in [0.25, 0.3) is 22.3 Å². The number of likely N-dealkylation sites (N-methyl/N-ethyl adjacent to an activating group) is 1. The van der Waals surface area contributed by atoms with Crippen molar-refractivity contribution in [2.75, 3.05) is 24.5 Å². The van der Waals surface area contributed by atoms with Crippen LogP contribution in [-0.4, -0.2) is 31.4 Å². The molecule has 2 amide bonds. The number of aryl methyl sites for hydroxylation is 1. The van der Waals surface area contributed by atoms with Crippen LogP contribution in [0.15, 0.2) is 97.1 Å². The van der Waals surface area contributed by atoms with Gasteiger partial charge in [-0.05, 0) is 78.1 Å². The normalized spacial score (nSPS) is 14.5. The summed E-state index contributed by atoms with van der Waals surface area (Å²) >= 11 is 0. The maximum Gasteiger partial charge on any atom is 0.249 e. The second kappa shape index (κ2) is 12.2. The highest BCUT2D eigenvalue weighted by atomic mass is 16.2. The Kier molecular flexibility index (Phi) is 8.30. The number of rotatable bonds is 8. The minimum atomic E-state index is -0.430. The summed E-state index contributed by atoms with van der Waals surface area (Å²) in [5.41, 5.74) is 13.5.